The number of carbonyl (C=O) groups excluding carboxylic acids is 1. The second-order valence-corrected chi connectivity index (χ2v) is 6.22. The van der Waals surface area contributed by atoms with E-state index in [4.69, 9.17) is 0 Å². The van der Waals surface area contributed by atoms with Crippen molar-refractivity contribution in [2.75, 3.05) is 12.3 Å². The monoisotopic (exact) mass is 296 g/mol. The van der Waals surface area contributed by atoms with Crippen molar-refractivity contribution in [1.82, 2.24) is 10.6 Å². The van der Waals surface area contributed by atoms with E-state index in [9.17, 15) is 9.18 Å². The Hall–Kier alpha value is -1.07. The second-order valence-electron chi connectivity index (χ2n) is 5.09. The van der Waals surface area contributed by atoms with Crippen LogP contribution in [0.25, 0.3) is 0 Å². The van der Waals surface area contributed by atoms with Crippen molar-refractivity contribution in [2.24, 2.45) is 0 Å². The summed E-state index contributed by atoms with van der Waals surface area (Å²) in [5, 5.41) is 6.42. The SMILES string of the molecule is CC1NCCCC1NC(=O)CCSc1ccccc1F. The van der Waals surface area contributed by atoms with E-state index in [1.165, 1.54) is 17.8 Å². The number of nitrogens with one attached hydrogen (secondary N) is 2. The van der Waals surface area contributed by atoms with E-state index in [1.807, 2.05) is 0 Å². The number of hydrogen-bond donors (Lipinski definition) is 2. The molecule has 1 aromatic carbocycles. The fourth-order valence-electron chi connectivity index (χ4n) is 2.34. The smallest absolute Gasteiger partial charge is 0.221 e. The van der Waals surface area contributed by atoms with E-state index in [0.717, 1.165) is 19.4 Å². The molecular weight excluding hydrogens is 275 g/mol. The number of thioether (sulfide) groups is 1. The van der Waals surface area contributed by atoms with Gasteiger partial charge in [0.1, 0.15) is 5.82 Å². The molecule has 0 bridgehead atoms. The summed E-state index contributed by atoms with van der Waals surface area (Å²) in [6, 6.07) is 7.20. The summed E-state index contributed by atoms with van der Waals surface area (Å²) in [5.74, 6) is 0.429. The molecule has 1 fully saturated rings. The molecule has 110 valence electrons. The minimum absolute atomic E-state index is 0.0504. The average Bonchev–Trinajstić information content (AvgIpc) is 2.43. The topological polar surface area (TPSA) is 41.1 Å². The molecule has 5 heteroatoms. The van der Waals surface area contributed by atoms with Gasteiger partial charge in [0.05, 0.1) is 0 Å². The molecule has 1 saturated heterocycles. The summed E-state index contributed by atoms with van der Waals surface area (Å²) < 4.78 is 13.4. The van der Waals surface area contributed by atoms with Crippen LogP contribution in [0.5, 0.6) is 0 Å². The van der Waals surface area contributed by atoms with Crippen LogP contribution in [0.2, 0.25) is 0 Å². The van der Waals surface area contributed by atoms with Gasteiger partial charge in [-0.15, -0.1) is 11.8 Å². The Labute approximate surface area is 123 Å². The van der Waals surface area contributed by atoms with Gasteiger partial charge in [-0.05, 0) is 38.4 Å². The normalized spacial score (nSPS) is 22.5. The van der Waals surface area contributed by atoms with Crippen LogP contribution in [0, 0.1) is 5.82 Å². The van der Waals surface area contributed by atoms with E-state index in [1.54, 1.807) is 18.2 Å². The average molecular weight is 296 g/mol. The van der Waals surface area contributed by atoms with E-state index >= 15 is 0 Å². The number of halogens is 1. The first-order valence-electron chi connectivity index (χ1n) is 7.07. The Morgan fingerprint density at radius 2 is 2.30 bits per heavy atom. The van der Waals surface area contributed by atoms with Gasteiger partial charge >= 0.3 is 0 Å². The third-order valence-corrected chi connectivity index (χ3v) is 4.58. The molecule has 1 heterocycles. The highest BCUT2D eigenvalue weighted by Crippen LogP contribution is 2.21. The summed E-state index contributed by atoms with van der Waals surface area (Å²) in [4.78, 5) is 12.5. The van der Waals surface area contributed by atoms with Crippen LogP contribution in [0.1, 0.15) is 26.2 Å². The maximum atomic E-state index is 13.4. The van der Waals surface area contributed by atoms with E-state index in [-0.39, 0.29) is 17.8 Å². The van der Waals surface area contributed by atoms with Crippen molar-refractivity contribution in [3.8, 4) is 0 Å². The molecule has 0 saturated carbocycles. The molecule has 0 aliphatic carbocycles. The first-order valence-corrected chi connectivity index (χ1v) is 8.05. The third-order valence-electron chi connectivity index (χ3n) is 3.53. The van der Waals surface area contributed by atoms with Crippen LogP contribution in [0.3, 0.4) is 0 Å². The Morgan fingerprint density at radius 1 is 1.50 bits per heavy atom. The molecule has 2 unspecified atom stereocenters. The standard InChI is InChI=1S/C15H21FN2OS/c1-11-13(6-4-9-17-11)18-15(19)8-10-20-14-7-3-2-5-12(14)16/h2-3,5,7,11,13,17H,4,6,8-10H2,1H3,(H,18,19). The highest BCUT2D eigenvalue weighted by Gasteiger charge is 2.21. The van der Waals surface area contributed by atoms with Crippen LogP contribution in [-0.2, 0) is 4.79 Å². The van der Waals surface area contributed by atoms with Gasteiger partial charge < -0.3 is 10.6 Å². The fourth-order valence-corrected chi connectivity index (χ4v) is 3.22. The minimum Gasteiger partial charge on any atom is -0.352 e. The molecular formula is C15H21FN2OS. The number of amides is 1. The van der Waals surface area contributed by atoms with Gasteiger partial charge in [-0.1, -0.05) is 12.1 Å². The maximum absolute atomic E-state index is 13.4. The molecule has 0 aromatic heterocycles. The Morgan fingerprint density at radius 3 is 3.05 bits per heavy atom. The molecule has 2 N–H and O–H groups in total. The molecule has 1 aromatic rings. The van der Waals surface area contributed by atoms with Crippen LogP contribution >= 0.6 is 11.8 Å². The number of rotatable bonds is 5. The fraction of sp³-hybridized carbons (Fsp3) is 0.533. The number of piperidine rings is 1. The Kier molecular flexibility index (Phi) is 5.86. The van der Waals surface area contributed by atoms with Crippen LogP contribution < -0.4 is 10.6 Å². The lowest BCUT2D eigenvalue weighted by atomic mass is 10.00. The molecule has 20 heavy (non-hydrogen) atoms. The molecule has 1 aliphatic rings. The van der Waals surface area contributed by atoms with Crippen molar-refractivity contribution < 1.29 is 9.18 Å². The largest absolute Gasteiger partial charge is 0.352 e. The first kappa shape index (κ1) is 15.3. The number of benzene rings is 1. The van der Waals surface area contributed by atoms with Crippen molar-refractivity contribution in [3.63, 3.8) is 0 Å². The van der Waals surface area contributed by atoms with Gasteiger partial charge in [0.15, 0.2) is 0 Å². The molecule has 2 rings (SSSR count). The zero-order valence-electron chi connectivity index (χ0n) is 11.7. The van der Waals surface area contributed by atoms with Gasteiger partial charge in [-0.2, -0.15) is 0 Å². The minimum atomic E-state index is -0.219. The summed E-state index contributed by atoms with van der Waals surface area (Å²) in [5.41, 5.74) is 0. The number of carbonyl (C=O) groups is 1. The van der Waals surface area contributed by atoms with Gasteiger partial charge in [0, 0.05) is 29.2 Å². The van der Waals surface area contributed by atoms with E-state index in [2.05, 4.69) is 17.6 Å². The molecule has 1 aliphatic heterocycles. The lowest BCUT2D eigenvalue weighted by Gasteiger charge is -2.30. The highest BCUT2D eigenvalue weighted by atomic mass is 32.2. The van der Waals surface area contributed by atoms with E-state index < -0.39 is 0 Å². The zero-order valence-corrected chi connectivity index (χ0v) is 12.5. The van der Waals surface area contributed by atoms with Crippen LogP contribution in [0.4, 0.5) is 4.39 Å². The van der Waals surface area contributed by atoms with Gasteiger partial charge in [-0.3, -0.25) is 4.79 Å². The van der Waals surface area contributed by atoms with Crippen molar-refractivity contribution in [1.29, 1.82) is 0 Å². The predicted molar refractivity (Wildman–Crippen MR) is 80.4 cm³/mol. The highest BCUT2D eigenvalue weighted by molar-refractivity contribution is 7.99. The van der Waals surface area contributed by atoms with Gasteiger partial charge in [-0.25, -0.2) is 4.39 Å². The van der Waals surface area contributed by atoms with Crippen molar-refractivity contribution in [3.05, 3.63) is 30.1 Å². The molecule has 1 amide bonds. The summed E-state index contributed by atoms with van der Waals surface area (Å²) >= 11 is 1.39. The summed E-state index contributed by atoms with van der Waals surface area (Å²) in [7, 11) is 0. The summed E-state index contributed by atoms with van der Waals surface area (Å²) in [6.07, 6.45) is 2.54. The lowest BCUT2D eigenvalue weighted by Crippen LogP contribution is -2.51. The zero-order chi connectivity index (χ0) is 14.4. The Balaban J connectivity index is 1.71. The summed E-state index contributed by atoms with van der Waals surface area (Å²) in [6.45, 7) is 3.12. The van der Waals surface area contributed by atoms with Crippen LogP contribution in [-0.4, -0.2) is 30.3 Å². The molecule has 3 nitrogen and oxygen atoms in total. The maximum Gasteiger partial charge on any atom is 0.221 e. The van der Waals surface area contributed by atoms with Crippen LogP contribution in [0.15, 0.2) is 29.2 Å². The molecule has 2 atom stereocenters. The predicted octanol–water partition coefficient (Wildman–Crippen LogP) is 2.56. The third kappa shape index (κ3) is 4.49. The Bertz CT molecular complexity index is 455. The van der Waals surface area contributed by atoms with E-state index in [0.29, 0.717) is 23.1 Å². The second kappa shape index (κ2) is 7.64. The van der Waals surface area contributed by atoms with Crippen molar-refractivity contribution >= 4 is 17.7 Å². The lowest BCUT2D eigenvalue weighted by molar-refractivity contribution is -0.121. The number of hydrogen-bond acceptors (Lipinski definition) is 3. The van der Waals surface area contributed by atoms with Gasteiger partial charge in [0.25, 0.3) is 0 Å². The molecule has 0 radical (unpaired) electrons. The van der Waals surface area contributed by atoms with Gasteiger partial charge in [0.2, 0.25) is 5.91 Å². The first-order chi connectivity index (χ1) is 9.66. The van der Waals surface area contributed by atoms with Crippen molar-refractivity contribution in [2.45, 2.75) is 43.2 Å². The quantitative estimate of drug-likeness (QED) is 0.821. The molecule has 0 spiro atoms.